The second-order valence-corrected chi connectivity index (χ2v) is 0.478. The van der Waals surface area contributed by atoms with Gasteiger partial charge in [0.15, 0.2) is 16.0 Å². The third-order valence-corrected chi connectivity index (χ3v) is 0.167. The summed E-state index contributed by atoms with van der Waals surface area (Å²) < 4.78 is 0. The van der Waals surface area contributed by atoms with E-state index in [1.165, 1.54) is 7.55 Å². The second-order valence-electron chi connectivity index (χ2n) is 0.478. The van der Waals surface area contributed by atoms with Gasteiger partial charge in [0.2, 0.25) is 0 Å². The molecular formula is H2B3N2. The van der Waals surface area contributed by atoms with Gasteiger partial charge in [-0.25, -0.2) is 0 Å². The van der Waals surface area contributed by atoms with Crippen molar-refractivity contribution in [2.24, 2.45) is 0 Å². The molecule has 0 aliphatic carbocycles. The molecule has 0 saturated carbocycles. The molecule has 0 bridgehead atoms. The smallest absolute Gasteiger partial charge is 0.281 e. The van der Waals surface area contributed by atoms with Crippen molar-refractivity contribution in [3.05, 3.63) is 0 Å². The quantitative estimate of drug-likeness (QED) is 0.357. The molecule has 0 saturated heterocycles. The van der Waals surface area contributed by atoms with Crippen LogP contribution in [-0.4, -0.2) is 23.5 Å². The molecule has 0 unspecified atom stereocenters. The molecule has 0 atom stereocenters. The summed E-state index contributed by atoms with van der Waals surface area (Å²) in [4.78, 5) is 0. The van der Waals surface area contributed by atoms with Crippen molar-refractivity contribution in [2.75, 3.05) is 0 Å². The summed E-state index contributed by atoms with van der Waals surface area (Å²) in [5.41, 5.74) is 0. The number of rotatable bonds is 2. The Labute approximate surface area is 34.9 Å². The van der Waals surface area contributed by atoms with E-state index in [-0.39, 0.29) is 0 Å². The van der Waals surface area contributed by atoms with Crippen molar-refractivity contribution in [1.29, 1.82) is 0 Å². The summed E-state index contributed by atoms with van der Waals surface area (Å²) in [7, 11) is 10.7. The number of hydrogen-bond acceptors (Lipinski definition) is 2. The van der Waals surface area contributed by atoms with E-state index in [0.29, 0.717) is 0 Å². The molecule has 0 aromatic heterocycles. The zero-order valence-corrected chi connectivity index (χ0v) is 2.73. The lowest BCUT2D eigenvalue weighted by Gasteiger charge is -1.84. The Hall–Kier alpha value is 0.115. The minimum atomic E-state index is 1.31. The summed E-state index contributed by atoms with van der Waals surface area (Å²) in [6.07, 6.45) is 0. The molecule has 0 spiro atoms. The number of nitrogens with one attached hydrogen (secondary N) is 2. The largest absolute Gasteiger partial charge is 0.399 e. The van der Waals surface area contributed by atoms with Crippen LogP contribution in [0.15, 0.2) is 0 Å². The van der Waals surface area contributed by atoms with Crippen molar-refractivity contribution < 1.29 is 0 Å². The SMILES string of the molecule is [B]N[B]N[B]. The van der Waals surface area contributed by atoms with Crippen LogP contribution in [0, 0.1) is 0 Å². The van der Waals surface area contributed by atoms with E-state index in [1.54, 1.807) is 0 Å². The first-order valence-electron chi connectivity index (χ1n) is 1.15. The van der Waals surface area contributed by atoms with Crippen LogP contribution in [-0.2, 0) is 0 Å². The molecule has 2 N–H and O–H groups in total. The summed E-state index contributed by atoms with van der Waals surface area (Å²) in [5.74, 6) is 0. The van der Waals surface area contributed by atoms with Gasteiger partial charge in [-0.05, 0) is 0 Å². The van der Waals surface area contributed by atoms with Crippen LogP contribution in [0.4, 0.5) is 0 Å². The third-order valence-electron chi connectivity index (χ3n) is 0.167. The second kappa shape index (κ2) is 4.11. The Morgan fingerprint density at radius 1 is 1.20 bits per heavy atom. The lowest BCUT2D eigenvalue weighted by molar-refractivity contribution is 1.47. The maximum atomic E-state index is 4.69. The Balaban J connectivity index is 2.19. The highest BCUT2D eigenvalue weighted by molar-refractivity contribution is 6.46. The molecule has 0 amide bonds. The highest BCUT2D eigenvalue weighted by atomic mass is 14.8. The van der Waals surface area contributed by atoms with E-state index in [4.69, 9.17) is 16.0 Å². The van der Waals surface area contributed by atoms with Gasteiger partial charge in [-0.2, -0.15) is 0 Å². The average Bonchev–Trinajstić information content (AvgIpc) is 1.41. The van der Waals surface area contributed by atoms with Crippen molar-refractivity contribution >= 4 is 23.5 Å². The fraction of sp³-hybridized carbons (Fsp3) is 0. The van der Waals surface area contributed by atoms with Gasteiger partial charge in [0.05, 0.1) is 0 Å². The zero-order chi connectivity index (χ0) is 4.12. The predicted molar refractivity (Wildman–Crippen MR) is 23.5 cm³/mol. The Morgan fingerprint density at radius 3 is 1.60 bits per heavy atom. The molecule has 0 aliphatic rings. The first-order chi connectivity index (χ1) is 2.41. The highest BCUT2D eigenvalue weighted by Crippen LogP contribution is 1.20. The third kappa shape index (κ3) is 4.11. The molecule has 0 heterocycles. The standard InChI is InChI=1S/B3H2N2/c1-4-3-5-2/h4-5H. The molecule has 0 aromatic rings. The van der Waals surface area contributed by atoms with Crippen LogP contribution >= 0.6 is 0 Å². The molecule has 0 rings (SSSR count). The maximum absolute atomic E-state index is 4.69. The van der Waals surface area contributed by atoms with Gasteiger partial charge in [0.25, 0.3) is 7.55 Å². The molecule has 5 radical (unpaired) electrons. The lowest BCUT2D eigenvalue weighted by Crippen LogP contribution is -2.28. The van der Waals surface area contributed by atoms with Crippen LogP contribution < -0.4 is 10.3 Å². The first kappa shape index (κ1) is 5.11. The molecule has 2 nitrogen and oxygen atoms in total. The van der Waals surface area contributed by atoms with Crippen LogP contribution in [0.2, 0.25) is 0 Å². The van der Waals surface area contributed by atoms with Gasteiger partial charge in [-0.1, -0.05) is 0 Å². The Morgan fingerprint density at radius 2 is 1.60 bits per heavy atom. The fourth-order valence-corrected chi connectivity index (χ4v) is 0.0481. The highest BCUT2D eigenvalue weighted by Gasteiger charge is 1.69. The van der Waals surface area contributed by atoms with E-state index in [9.17, 15) is 0 Å². The summed E-state index contributed by atoms with van der Waals surface area (Å²) in [6.45, 7) is 0. The Kier molecular flexibility index (Phi) is 4.21. The van der Waals surface area contributed by atoms with Gasteiger partial charge >= 0.3 is 0 Å². The van der Waals surface area contributed by atoms with Crippen molar-refractivity contribution in [2.45, 2.75) is 0 Å². The van der Waals surface area contributed by atoms with E-state index in [2.05, 4.69) is 10.3 Å². The van der Waals surface area contributed by atoms with Crippen molar-refractivity contribution in [3.63, 3.8) is 0 Å². The molecule has 0 aliphatic heterocycles. The van der Waals surface area contributed by atoms with E-state index >= 15 is 0 Å². The predicted octanol–water partition coefficient (Wildman–Crippen LogP) is -2.13. The monoisotopic (exact) mass is 63.0 g/mol. The van der Waals surface area contributed by atoms with Gasteiger partial charge in [0.1, 0.15) is 0 Å². The summed E-state index contributed by atoms with van der Waals surface area (Å²) in [5, 5.41) is 4.31. The summed E-state index contributed by atoms with van der Waals surface area (Å²) in [6, 6.07) is 0. The van der Waals surface area contributed by atoms with Crippen molar-refractivity contribution in [1.82, 2.24) is 10.3 Å². The molecule has 5 heavy (non-hydrogen) atoms. The van der Waals surface area contributed by atoms with Crippen LogP contribution in [0.3, 0.4) is 0 Å². The van der Waals surface area contributed by atoms with E-state index in [1.807, 2.05) is 0 Å². The van der Waals surface area contributed by atoms with Gasteiger partial charge in [0, 0.05) is 0 Å². The first-order valence-corrected chi connectivity index (χ1v) is 1.15. The van der Waals surface area contributed by atoms with Gasteiger partial charge in [-0.3, -0.25) is 0 Å². The normalized spacial score (nSPS) is 7.20. The van der Waals surface area contributed by atoms with Crippen LogP contribution in [0.1, 0.15) is 0 Å². The topological polar surface area (TPSA) is 24.1 Å². The molecule has 0 fully saturated rings. The Bertz CT molecular complexity index is 12.4. The van der Waals surface area contributed by atoms with Crippen LogP contribution in [0.5, 0.6) is 0 Å². The average molecular weight is 62.5 g/mol. The van der Waals surface area contributed by atoms with E-state index in [0.717, 1.165) is 0 Å². The molecule has 5 heteroatoms. The molecule has 0 aromatic carbocycles. The minimum absolute atomic E-state index is 1.31. The molecular weight excluding hydrogens is 60.4 g/mol. The number of hydrogen-bond donors (Lipinski definition) is 2. The minimum Gasteiger partial charge on any atom is -0.399 e. The lowest BCUT2D eigenvalue weighted by atomic mass is 10.1. The maximum Gasteiger partial charge on any atom is 0.281 e. The molecule has 21 valence electrons. The zero-order valence-electron chi connectivity index (χ0n) is 2.73. The van der Waals surface area contributed by atoms with Crippen molar-refractivity contribution in [3.8, 4) is 0 Å². The van der Waals surface area contributed by atoms with Gasteiger partial charge < -0.3 is 10.3 Å². The fourth-order valence-electron chi connectivity index (χ4n) is 0.0481. The summed E-state index contributed by atoms with van der Waals surface area (Å²) >= 11 is 0. The van der Waals surface area contributed by atoms with Gasteiger partial charge in [-0.15, -0.1) is 0 Å². The van der Waals surface area contributed by atoms with E-state index < -0.39 is 0 Å². The van der Waals surface area contributed by atoms with Crippen LogP contribution in [0.25, 0.3) is 0 Å².